The minimum Gasteiger partial charge on any atom is -0.492 e. The Bertz CT molecular complexity index is 1190. The lowest BCUT2D eigenvalue weighted by Gasteiger charge is -2.20. The first-order chi connectivity index (χ1) is 17.9. The van der Waals surface area contributed by atoms with Crippen molar-refractivity contribution < 1.29 is 23.8 Å². The standard InChI is InChI=1S/C30H33FN2O4/c1-20-3-2-4-25(15-20)37-28(30(34)35)16-21-7-11-24(12-8-21)36-14-13-32-29-26-18-33(19-27(26)29)17-22-5-9-23(31)10-6-22/h2-12,15,26-29,32H,13-14,16-19H2,1H3,(H,34,35)/t26-,27?,28-,29+/m0/s1. The van der Waals surface area contributed by atoms with Crippen LogP contribution in [-0.2, 0) is 17.8 Å². The molecule has 1 saturated heterocycles. The van der Waals surface area contributed by atoms with Crippen molar-refractivity contribution in [1.82, 2.24) is 10.2 Å². The predicted molar refractivity (Wildman–Crippen MR) is 139 cm³/mol. The Morgan fingerprint density at radius 1 is 1.03 bits per heavy atom. The Labute approximate surface area is 217 Å². The van der Waals surface area contributed by atoms with Crippen molar-refractivity contribution in [1.29, 1.82) is 0 Å². The van der Waals surface area contributed by atoms with Crippen molar-refractivity contribution in [2.45, 2.75) is 32.0 Å². The molecular formula is C30H33FN2O4. The van der Waals surface area contributed by atoms with E-state index >= 15 is 0 Å². The minimum atomic E-state index is -0.990. The quantitative estimate of drug-likeness (QED) is 0.358. The minimum absolute atomic E-state index is 0.189. The maximum absolute atomic E-state index is 13.1. The van der Waals surface area contributed by atoms with Gasteiger partial charge in [-0.2, -0.15) is 0 Å². The second kappa shape index (κ2) is 11.3. The summed E-state index contributed by atoms with van der Waals surface area (Å²) in [7, 11) is 0. The molecule has 6 nitrogen and oxygen atoms in total. The number of benzene rings is 3. The number of nitrogens with zero attached hydrogens (tertiary/aromatic N) is 1. The van der Waals surface area contributed by atoms with Crippen LogP contribution in [0.25, 0.3) is 0 Å². The van der Waals surface area contributed by atoms with Crippen LogP contribution in [0.2, 0.25) is 0 Å². The zero-order chi connectivity index (χ0) is 25.8. The van der Waals surface area contributed by atoms with Crippen LogP contribution in [0.1, 0.15) is 16.7 Å². The number of hydrogen-bond donors (Lipinski definition) is 2. The molecule has 1 aliphatic heterocycles. The number of nitrogens with one attached hydrogen (secondary N) is 1. The zero-order valence-electron chi connectivity index (χ0n) is 21.0. The molecule has 2 aliphatic rings. The van der Waals surface area contributed by atoms with Crippen LogP contribution in [0.15, 0.2) is 72.8 Å². The second-order valence-electron chi connectivity index (χ2n) is 10.1. The van der Waals surface area contributed by atoms with E-state index in [9.17, 15) is 14.3 Å². The largest absolute Gasteiger partial charge is 0.492 e. The van der Waals surface area contributed by atoms with E-state index in [4.69, 9.17) is 9.47 Å². The molecule has 3 aromatic carbocycles. The summed E-state index contributed by atoms with van der Waals surface area (Å²) in [6.07, 6.45) is -0.685. The number of piperidine rings is 1. The van der Waals surface area contributed by atoms with Crippen LogP contribution in [0.4, 0.5) is 4.39 Å². The van der Waals surface area contributed by atoms with E-state index in [0.717, 1.165) is 48.6 Å². The van der Waals surface area contributed by atoms with Gasteiger partial charge in [0.2, 0.25) is 0 Å². The second-order valence-corrected chi connectivity index (χ2v) is 10.1. The molecule has 1 saturated carbocycles. The Morgan fingerprint density at radius 3 is 2.41 bits per heavy atom. The third-order valence-corrected chi connectivity index (χ3v) is 7.23. The molecule has 0 aromatic heterocycles. The lowest BCUT2D eigenvalue weighted by molar-refractivity contribution is -0.145. The highest BCUT2D eigenvalue weighted by molar-refractivity contribution is 5.73. The Hall–Kier alpha value is -3.42. The fraction of sp³-hybridized carbons (Fsp3) is 0.367. The van der Waals surface area contributed by atoms with E-state index in [1.165, 1.54) is 12.1 Å². The number of likely N-dealkylation sites (tertiary alicyclic amines) is 1. The molecule has 2 fully saturated rings. The summed E-state index contributed by atoms with van der Waals surface area (Å²) in [5.74, 6) is 1.51. The first kappa shape index (κ1) is 25.2. The highest BCUT2D eigenvalue weighted by atomic mass is 19.1. The van der Waals surface area contributed by atoms with Gasteiger partial charge in [0.05, 0.1) is 0 Å². The molecule has 1 aliphatic carbocycles. The highest BCUT2D eigenvalue weighted by Gasteiger charge is 2.55. The molecule has 0 bridgehead atoms. The molecule has 3 aromatic rings. The normalized spacial score (nSPS) is 21.3. The first-order valence-electron chi connectivity index (χ1n) is 12.8. The Balaban J connectivity index is 1.00. The van der Waals surface area contributed by atoms with Crippen molar-refractivity contribution in [2.24, 2.45) is 11.8 Å². The van der Waals surface area contributed by atoms with E-state index in [-0.39, 0.29) is 12.2 Å². The number of halogens is 1. The van der Waals surface area contributed by atoms with E-state index in [1.807, 2.05) is 61.5 Å². The highest BCUT2D eigenvalue weighted by Crippen LogP contribution is 2.45. The average molecular weight is 505 g/mol. The van der Waals surface area contributed by atoms with E-state index in [0.29, 0.717) is 30.2 Å². The SMILES string of the molecule is Cc1cccc(O[C@@H](Cc2ccc(OCCN[C@H]3C4CN(Cc5ccc(F)cc5)C[C@@H]43)cc2)C(=O)O)c1. The molecule has 2 N–H and O–H groups in total. The smallest absolute Gasteiger partial charge is 0.345 e. The van der Waals surface area contributed by atoms with Crippen molar-refractivity contribution in [3.05, 3.63) is 95.3 Å². The van der Waals surface area contributed by atoms with Gasteiger partial charge in [-0.15, -0.1) is 0 Å². The number of carbonyl (C=O) groups is 1. The van der Waals surface area contributed by atoms with Gasteiger partial charge in [-0.1, -0.05) is 36.4 Å². The molecule has 0 radical (unpaired) electrons. The number of carboxylic acid groups (broad SMARTS) is 1. The van der Waals surface area contributed by atoms with Crippen LogP contribution in [0.3, 0.4) is 0 Å². The summed E-state index contributed by atoms with van der Waals surface area (Å²) in [5, 5.41) is 13.2. The van der Waals surface area contributed by atoms with E-state index in [1.54, 1.807) is 6.07 Å². The molecule has 7 heteroatoms. The average Bonchev–Trinajstić information content (AvgIpc) is 3.33. The molecule has 37 heavy (non-hydrogen) atoms. The topological polar surface area (TPSA) is 71.0 Å². The van der Waals surface area contributed by atoms with Gasteiger partial charge in [-0.25, -0.2) is 9.18 Å². The number of aryl methyl sites for hydroxylation is 1. The van der Waals surface area contributed by atoms with Crippen LogP contribution < -0.4 is 14.8 Å². The van der Waals surface area contributed by atoms with Crippen LogP contribution >= 0.6 is 0 Å². The maximum Gasteiger partial charge on any atom is 0.345 e. The summed E-state index contributed by atoms with van der Waals surface area (Å²) in [6, 6.07) is 22.3. The molecule has 0 spiro atoms. The van der Waals surface area contributed by atoms with Gasteiger partial charge >= 0.3 is 5.97 Å². The lowest BCUT2D eigenvalue weighted by atomic mass is 10.1. The molecule has 4 atom stereocenters. The van der Waals surface area contributed by atoms with Crippen molar-refractivity contribution in [2.75, 3.05) is 26.2 Å². The zero-order valence-corrected chi connectivity index (χ0v) is 21.0. The first-order valence-corrected chi connectivity index (χ1v) is 12.8. The lowest BCUT2D eigenvalue weighted by Crippen LogP contribution is -2.33. The molecule has 1 unspecified atom stereocenters. The molecular weight excluding hydrogens is 471 g/mol. The van der Waals surface area contributed by atoms with Gasteiger partial charge in [0.25, 0.3) is 0 Å². The molecule has 1 heterocycles. The fourth-order valence-corrected chi connectivity index (χ4v) is 5.26. The third kappa shape index (κ3) is 6.67. The summed E-state index contributed by atoms with van der Waals surface area (Å²) >= 11 is 0. The monoisotopic (exact) mass is 504 g/mol. The third-order valence-electron chi connectivity index (χ3n) is 7.23. The molecule has 0 amide bonds. The van der Waals surface area contributed by atoms with E-state index in [2.05, 4.69) is 10.2 Å². The number of carboxylic acids is 1. The predicted octanol–water partition coefficient (Wildman–Crippen LogP) is 4.31. The summed E-state index contributed by atoms with van der Waals surface area (Å²) in [6.45, 7) is 6.33. The number of rotatable bonds is 12. The summed E-state index contributed by atoms with van der Waals surface area (Å²) in [5.41, 5.74) is 3.05. The summed E-state index contributed by atoms with van der Waals surface area (Å²) in [4.78, 5) is 14.2. The maximum atomic E-state index is 13.1. The van der Waals surface area contributed by atoms with Gasteiger partial charge in [-0.3, -0.25) is 4.90 Å². The number of ether oxygens (including phenoxy) is 2. The van der Waals surface area contributed by atoms with Crippen LogP contribution in [-0.4, -0.2) is 54.4 Å². The van der Waals surface area contributed by atoms with Gasteiger partial charge in [0, 0.05) is 38.6 Å². The Kier molecular flexibility index (Phi) is 7.72. The van der Waals surface area contributed by atoms with Crippen molar-refractivity contribution >= 4 is 5.97 Å². The van der Waals surface area contributed by atoms with Crippen molar-refractivity contribution in [3.8, 4) is 11.5 Å². The van der Waals surface area contributed by atoms with Crippen molar-refractivity contribution in [3.63, 3.8) is 0 Å². The van der Waals surface area contributed by atoms with Crippen LogP contribution in [0, 0.1) is 24.6 Å². The van der Waals surface area contributed by atoms with Gasteiger partial charge in [-0.05, 0) is 71.8 Å². The van der Waals surface area contributed by atoms with E-state index < -0.39 is 12.1 Å². The van der Waals surface area contributed by atoms with Crippen LogP contribution in [0.5, 0.6) is 11.5 Å². The fourth-order valence-electron chi connectivity index (χ4n) is 5.26. The number of fused-ring (bicyclic) bond motifs is 1. The molecule has 194 valence electrons. The summed E-state index contributed by atoms with van der Waals surface area (Å²) < 4.78 is 24.7. The van der Waals surface area contributed by atoms with Gasteiger partial charge < -0.3 is 19.9 Å². The van der Waals surface area contributed by atoms with Gasteiger partial charge in [0.1, 0.15) is 23.9 Å². The Morgan fingerprint density at radius 2 is 1.73 bits per heavy atom. The number of hydrogen-bond acceptors (Lipinski definition) is 5. The molecule has 5 rings (SSSR count). The number of aliphatic carboxylic acids is 1. The van der Waals surface area contributed by atoms with Gasteiger partial charge in [0.15, 0.2) is 6.10 Å².